The number of carbonyl (C=O) groups excluding carboxylic acids is 1. The lowest BCUT2D eigenvalue weighted by atomic mass is 9.93. The number of piperidine rings is 1. The minimum atomic E-state index is 0.0914. The summed E-state index contributed by atoms with van der Waals surface area (Å²) < 4.78 is 5.44. The molecule has 0 spiro atoms. The Hall–Kier alpha value is -1.69. The largest absolute Gasteiger partial charge is 0.384 e. The van der Waals surface area contributed by atoms with Gasteiger partial charge >= 0.3 is 0 Å². The quantitative estimate of drug-likeness (QED) is 0.673. The lowest BCUT2D eigenvalue weighted by Crippen LogP contribution is -2.56. The molecule has 146 valence electrons. The standard InChI is InChI=1S/C22H30N2O2S/c1-3-22(25)24(19-8-5-4-6-9-19)21-16-18(17-26-2)11-13-23(21)14-12-20-10-7-15-27-20/h4-10,15,18,21H,3,11-14,16-17H2,1-2H3. The van der Waals surface area contributed by atoms with E-state index in [1.165, 1.54) is 4.88 Å². The monoisotopic (exact) mass is 386 g/mol. The number of para-hydroxylation sites is 1. The van der Waals surface area contributed by atoms with Gasteiger partial charge in [0.25, 0.3) is 0 Å². The number of likely N-dealkylation sites (tertiary alicyclic amines) is 1. The fourth-order valence-electron chi connectivity index (χ4n) is 3.93. The number of amides is 1. The molecule has 1 aliphatic heterocycles. The van der Waals surface area contributed by atoms with Gasteiger partial charge in [-0.1, -0.05) is 31.2 Å². The predicted octanol–water partition coefficient (Wildman–Crippen LogP) is 4.42. The first-order chi connectivity index (χ1) is 13.2. The van der Waals surface area contributed by atoms with Crippen molar-refractivity contribution in [2.45, 2.75) is 38.8 Å². The van der Waals surface area contributed by atoms with Crippen LogP contribution in [0, 0.1) is 5.92 Å². The van der Waals surface area contributed by atoms with E-state index in [-0.39, 0.29) is 12.1 Å². The number of hydrogen-bond acceptors (Lipinski definition) is 4. The maximum absolute atomic E-state index is 12.9. The molecule has 1 saturated heterocycles. The van der Waals surface area contributed by atoms with E-state index >= 15 is 0 Å². The Bertz CT molecular complexity index is 690. The van der Waals surface area contributed by atoms with Crippen LogP contribution >= 0.6 is 11.3 Å². The maximum atomic E-state index is 12.9. The van der Waals surface area contributed by atoms with Crippen molar-refractivity contribution in [1.29, 1.82) is 0 Å². The summed E-state index contributed by atoms with van der Waals surface area (Å²) in [4.78, 5) is 18.8. The van der Waals surface area contributed by atoms with Crippen molar-refractivity contribution >= 4 is 22.9 Å². The molecule has 2 aromatic rings. The first-order valence-electron chi connectivity index (χ1n) is 9.85. The van der Waals surface area contributed by atoms with E-state index in [2.05, 4.69) is 22.4 Å². The molecule has 3 rings (SSSR count). The second-order valence-corrected chi connectivity index (χ2v) is 8.18. The van der Waals surface area contributed by atoms with Crippen LogP contribution < -0.4 is 4.90 Å². The van der Waals surface area contributed by atoms with Gasteiger partial charge in [-0.05, 0) is 48.8 Å². The van der Waals surface area contributed by atoms with Gasteiger partial charge in [0.1, 0.15) is 0 Å². The summed E-state index contributed by atoms with van der Waals surface area (Å²) >= 11 is 1.81. The zero-order valence-corrected chi connectivity index (χ0v) is 17.2. The van der Waals surface area contributed by atoms with Gasteiger partial charge in [-0.15, -0.1) is 11.3 Å². The van der Waals surface area contributed by atoms with Crippen molar-refractivity contribution < 1.29 is 9.53 Å². The molecule has 1 fully saturated rings. The number of methoxy groups -OCH3 is 1. The van der Waals surface area contributed by atoms with Crippen LogP contribution in [-0.2, 0) is 16.0 Å². The molecule has 1 aromatic heterocycles. The Morgan fingerprint density at radius 3 is 2.74 bits per heavy atom. The molecule has 1 amide bonds. The van der Waals surface area contributed by atoms with Crippen molar-refractivity contribution in [1.82, 2.24) is 4.90 Å². The molecule has 0 saturated carbocycles. The van der Waals surface area contributed by atoms with Gasteiger partial charge in [0.05, 0.1) is 6.17 Å². The van der Waals surface area contributed by atoms with Gasteiger partial charge < -0.3 is 4.74 Å². The summed E-state index contributed by atoms with van der Waals surface area (Å²) in [6.45, 7) is 4.69. The summed E-state index contributed by atoms with van der Waals surface area (Å²) in [5.41, 5.74) is 0.994. The van der Waals surface area contributed by atoms with Crippen LogP contribution in [0.1, 0.15) is 31.1 Å². The second kappa shape index (κ2) is 10.0. The summed E-state index contributed by atoms with van der Waals surface area (Å²) in [6.07, 6.45) is 3.72. The van der Waals surface area contributed by atoms with Crippen LogP contribution in [0.5, 0.6) is 0 Å². The summed E-state index contributed by atoms with van der Waals surface area (Å²) in [7, 11) is 1.77. The molecule has 2 atom stereocenters. The van der Waals surface area contributed by atoms with Gasteiger partial charge in [-0.2, -0.15) is 0 Å². The topological polar surface area (TPSA) is 32.8 Å². The van der Waals surface area contributed by atoms with E-state index in [1.54, 1.807) is 7.11 Å². The molecule has 2 unspecified atom stereocenters. The summed E-state index contributed by atoms with van der Waals surface area (Å²) in [6, 6.07) is 14.4. The van der Waals surface area contributed by atoms with Crippen molar-refractivity contribution in [2.24, 2.45) is 5.92 Å². The Morgan fingerprint density at radius 1 is 1.26 bits per heavy atom. The molecule has 5 heteroatoms. The Balaban J connectivity index is 1.83. The Labute approximate surface area is 166 Å². The highest BCUT2D eigenvalue weighted by molar-refractivity contribution is 7.09. The Morgan fingerprint density at radius 2 is 2.07 bits per heavy atom. The second-order valence-electron chi connectivity index (χ2n) is 7.14. The average Bonchev–Trinajstić information content (AvgIpc) is 3.22. The zero-order valence-electron chi connectivity index (χ0n) is 16.3. The van der Waals surface area contributed by atoms with E-state index in [1.807, 2.05) is 53.5 Å². The van der Waals surface area contributed by atoms with Crippen LogP contribution in [0.15, 0.2) is 47.8 Å². The number of hydrogen-bond donors (Lipinski definition) is 0. The van der Waals surface area contributed by atoms with Gasteiger partial charge in [0.2, 0.25) is 5.91 Å². The Kier molecular flexibility index (Phi) is 7.44. The van der Waals surface area contributed by atoms with E-state index in [0.29, 0.717) is 12.3 Å². The third-order valence-electron chi connectivity index (χ3n) is 5.32. The van der Waals surface area contributed by atoms with Gasteiger partial charge in [0, 0.05) is 43.8 Å². The van der Waals surface area contributed by atoms with Crippen molar-refractivity contribution in [3.63, 3.8) is 0 Å². The van der Waals surface area contributed by atoms with Crippen LogP contribution in [0.3, 0.4) is 0 Å². The molecule has 0 bridgehead atoms. The number of thiophene rings is 1. The molecule has 4 nitrogen and oxygen atoms in total. The van der Waals surface area contributed by atoms with Crippen molar-refractivity contribution in [2.75, 3.05) is 31.7 Å². The highest BCUT2D eigenvalue weighted by Gasteiger charge is 2.35. The first kappa shape index (κ1) is 20.1. The van der Waals surface area contributed by atoms with Crippen LogP contribution in [-0.4, -0.2) is 43.8 Å². The SMILES string of the molecule is CCC(=O)N(c1ccccc1)C1CC(COC)CCN1CCc1cccs1. The normalized spacial score (nSPS) is 20.5. The van der Waals surface area contributed by atoms with E-state index < -0.39 is 0 Å². The van der Waals surface area contributed by atoms with Crippen molar-refractivity contribution in [3.8, 4) is 0 Å². The first-order valence-corrected chi connectivity index (χ1v) is 10.7. The minimum absolute atomic E-state index is 0.0914. The van der Waals surface area contributed by atoms with E-state index in [9.17, 15) is 4.79 Å². The lowest BCUT2D eigenvalue weighted by Gasteiger charge is -2.45. The number of benzene rings is 1. The molecule has 1 aromatic carbocycles. The number of nitrogens with zero attached hydrogens (tertiary/aromatic N) is 2. The highest BCUT2D eigenvalue weighted by Crippen LogP contribution is 2.30. The summed E-state index contributed by atoms with van der Waals surface area (Å²) in [5, 5.41) is 2.13. The molecule has 2 heterocycles. The maximum Gasteiger partial charge on any atom is 0.228 e. The van der Waals surface area contributed by atoms with Gasteiger partial charge in [-0.25, -0.2) is 0 Å². The molecule has 0 radical (unpaired) electrons. The molecule has 1 aliphatic rings. The summed E-state index contributed by atoms with van der Waals surface area (Å²) in [5.74, 6) is 0.680. The molecule has 0 aliphatic carbocycles. The molecule has 0 N–H and O–H groups in total. The number of anilines is 1. The fraction of sp³-hybridized carbons (Fsp3) is 0.500. The third-order valence-corrected chi connectivity index (χ3v) is 6.26. The number of rotatable bonds is 8. The van der Waals surface area contributed by atoms with Crippen LogP contribution in [0.2, 0.25) is 0 Å². The molecular formula is C22H30N2O2S. The molecular weight excluding hydrogens is 356 g/mol. The predicted molar refractivity (Wildman–Crippen MR) is 112 cm³/mol. The highest BCUT2D eigenvalue weighted by atomic mass is 32.1. The van der Waals surface area contributed by atoms with Gasteiger partial charge in [-0.3, -0.25) is 14.6 Å². The van der Waals surface area contributed by atoms with Crippen LogP contribution in [0.4, 0.5) is 5.69 Å². The number of carbonyl (C=O) groups is 1. The van der Waals surface area contributed by atoms with Gasteiger partial charge in [0.15, 0.2) is 0 Å². The lowest BCUT2D eigenvalue weighted by molar-refractivity contribution is -0.120. The average molecular weight is 387 g/mol. The smallest absolute Gasteiger partial charge is 0.228 e. The van der Waals surface area contributed by atoms with E-state index in [4.69, 9.17) is 4.74 Å². The zero-order chi connectivity index (χ0) is 19.1. The van der Waals surface area contributed by atoms with E-state index in [0.717, 1.165) is 44.6 Å². The fourth-order valence-corrected chi connectivity index (χ4v) is 4.63. The molecule has 27 heavy (non-hydrogen) atoms. The van der Waals surface area contributed by atoms with Crippen LogP contribution in [0.25, 0.3) is 0 Å². The van der Waals surface area contributed by atoms with Crippen molar-refractivity contribution in [3.05, 3.63) is 52.7 Å². The minimum Gasteiger partial charge on any atom is -0.384 e. The number of ether oxygens (including phenoxy) is 1. The third kappa shape index (κ3) is 5.18.